The molecule has 1 unspecified atom stereocenters. The zero-order valence-electron chi connectivity index (χ0n) is 11.8. The van der Waals surface area contributed by atoms with E-state index in [9.17, 15) is 4.79 Å². The van der Waals surface area contributed by atoms with E-state index in [4.69, 9.17) is 0 Å². The third kappa shape index (κ3) is 3.83. The molecule has 0 saturated carbocycles. The van der Waals surface area contributed by atoms with Crippen LogP contribution in [0.15, 0.2) is 22.9 Å². The molecule has 5 heteroatoms. The van der Waals surface area contributed by atoms with E-state index in [1.807, 2.05) is 17.5 Å². The van der Waals surface area contributed by atoms with E-state index >= 15 is 0 Å². The van der Waals surface area contributed by atoms with Crippen molar-refractivity contribution >= 4 is 56.9 Å². The van der Waals surface area contributed by atoms with Crippen LogP contribution in [0.25, 0.3) is 0 Å². The zero-order valence-corrected chi connectivity index (χ0v) is 15.6. The van der Waals surface area contributed by atoms with Gasteiger partial charge < -0.3 is 5.32 Å². The second kappa shape index (κ2) is 7.04. The van der Waals surface area contributed by atoms with Crippen LogP contribution in [0.1, 0.15) is 48.3 Å². The highest BCUT2D eigenvalue weighted by molar-refractivity contribution is 14.1. The summed E-state index contributed by atoms with van der Waals surface area (Å²) in [6.45, 7) is 6.70. The number of amides is 1. The Morgan fingerprint density at radius 1 is 1.25 bits per heavy atom. The van der Waals surface area contributed by atoms with Crippen molar-refractivity contribution in [1.82, 2.24) is 0 Å². The lowest BCUT2D eigenvalue weighted by atomic mass is 9.97. The molecule has 2 rings (SSSR count). The summed E-state index contributed by atoms with van der Waals surface area (Å²) in [5.74, 6) is 1.13. The summed E-state index contributed by atoms with van der Waals surface area (Å²) in [5, 5.41) is 7.07. The van der Waals surface area contributed by atoms with Gasteiger partial charge in [0.1, 0.15) is 0 Å². The summed E-state index contributed by atoms with van der Waals surface area (Å²) in [7, 11) is 0. The molecule has 2 heterocycles. The predicted molar refractivity (Wildman–Crippen MR) is 97.2 cm³/mol. The van der Waals surface area contributed by atoms with Gasteiger partial charge >= 0.3 is 0 Å². The normalized spacial score (nSPS) is 12.7. The highest BCUT2D eigenvalue weighted by Crippen LogP contribution is 2.34. The lowest BCUT2D eigenvalue weighted by molar-refractivity contribution is 0.102. The van der Waals surface area contributed by atoms with Crippen LogP contribution in [0.2, 0.25) is 0 Å². The van der Waals surface area contributed by atoms with Crippen molar-refractivity contribution < 1.29 is 4.79 Å². The van der Waals surface area contributed by atoms with Crippen molar-refractivity contribution in [2.24, 2.45) is 5.92 Å². The molecule has 20 heavy (non-hydrogen) atoms. The first kappa shape index (κ1) is 16.0. The molecule has 1 atom stereocenters. The Labute approximate surface area is 141 Å². The maximum atomic E-state index is 12.3. The summed E-state index contributed by atoms with van der Waals surface area (Å²) in [5.41, 5.74) is 1.74. The highest BCUT2D eigenvalue weighted by atomic mass is 127. The predicted octanol–water partition coefficient (Wildman–Crippen LogP) is 5.82. The summed E-state index contributed by atoms with van der Waals surface area (Å²) in [4.78, 5) is 13.6. The minimum absolute atomic E-state index is 0.00736. The number of hydrogen-bond acceptors (Lipinski definition) is 3. The van der Waals surface area contributed by atoms with Gasteiger partial charge in [0.05, 0.1) is 14.1 Å². The van der Waals surface area contributed by atoms with Crippen molar-refractivity contribution in [2.75, 3.05) is 5.32 Å². The smallest absolute Gasteiger partial charge is 0.257 e. The van der Waals surface area contributed by atoms with Crippen LogP contribution in [0, 0.1) is 8.80 Å². The number of carbonyl (C=O) groups excluding carboxylic acids is 1. The molecule has 0 fully saturated rings. The third-order valence-electron chi connectivity index (χ3n) is 3.08. The number of halogens is 1. The summed E-state index contributed by atoms with van der Waals surface area (Å²) in [6, 6.07) is 3.89. The van der Waals surface area contributed by atoms with Gasteiger partial charge in [0.25, 0.3) is 5.91 Å². The largest absolute Gasteiger partial charge is 0.321 e. The average Bonchev–Trinajstić information content (AvgIpc) is 2.96. The molecule has 0 aromatic carbocycles. The van der Waals surface area contributed by atoms with Crippen LogP contribution >= 0.6 is 45.3 Å². The second-order valence-corrected chi connectivity index (χ2v) is 8.97. The first-order valence-electron chi connectivity index (χ1n) is 6.60. The van der Waals surface area contributed by atoms with Gasteiger partial charge in [0.15, 0.2) is 0 Å². The van der Waals surface area contributed by atoms with E-state index in [-0.39, 0.29) is 5.91 Å². The maximum Gasteiger partial charge on any atom is 0.257 e. The van der Waals surface area contributed by atoms with Crippen LogP contribution in [0.4, 0.5) is 5.69 Å². The fourth-order valence-corrected chi connectivity index (χ4v) is 4.67. The van der Waals surface area contributed by atoms with Gasteiger partial charge in [0.2, 0.25) is 0 Å². The van der Waals surface area contributed by atoms with Crippen molar-refractivity contribution in [2.45, 2.75) is 33.1 Å². The van der Waals surface area contributed by atoms with Crippen LogP contribution in [-0.4, -0.2) is 5.91 Å². The summed E-state index contributed by atoms with van der Waals surface area (Å²) in [6.07, 6.45) is 1.14. The van der Waals surface area contributed by atoms with E-state index in [0.717, 1.165) is 20.6 Å². The Hall–Kier alpha value is -0.400. The third-order valence-corrected chi connectivity index (χ3v) is 6.27. The van der Waals surface area contributed by atoms with Crippen LogP contribution in [-0.2, 0) is 0 Å². The molecule has 0 aliphatic rings. The molecule has 0 saturated heterocycles. The molecular weight excluding hydrogens is 401 g/mol. The molecule has 1 amide bonds. The quantitative estimate of drug-likeness (QED) is 0.609. The second-order valence-electron chi connectivity index (χ2n) is 5.29. The molecule has 2 nitrogen and oxygen atoms in total. The van der Waals surface area contributed by atoms with E-state index < -0.39 is 0 Å². The number of thiophene rings is 2. The van der Waals surface area contributed by atoms with Gasteiger partial charge in [0, 0.05) is 4.88 Å². The van der Waals surface area contributed by atoms with Gasteiger partial charge in [-0.3, -0.25) is 4.79 Å². The molecule has 108 valence electrons. The summed E-state index contributed by atoms with van der Waals surface area (Å²) >= 11 is 5.53. The first-order chi connectivity index (χ1) is 9.49. The highest BCUT2D eigenvalue weighted by Gasteiger charge is 2.17. The molecule has 0 radical (unpaired) electrons. The fraction of sp³-hybridized carbons (Fsp3) is 0.400. The Bertz CT molecular complexity index is 588. The monoisotopic (exact) mass is 419 g/mol. The van der Waals surface area contributed by atoms with Crippen molar-refractivity contribution in [3.8, 4) is 0 Å². The first-order valence-corrected chi connectivity index (χ1v) is 9.44. The van der Waals surface area contributed by atoms with Crippen LogP contribution in [0.5, 0.6) is 0 Å². The molecule has 2 aromatic rings. The number of nitrogens with one attached hydrogen (secondary N) is 1. The van der Waals surface area contributed by atoms with Crippen LogP contribution in [0.3, 0.4) is 0 Å². The molecule has 0 spiro atoms. The SMILES string of the molecule is CC(C)CC(C)c1sccc1NC(=O)c1ccsc1I. The number of anilines is 1. The van der Waals surface area contributed by atoms with E-state index in [0.29, 0.717) is 11.8 Å². The van der Waals surface area contributed by atoms with Gasteiger partial charge in [-0.05, 0) is 63.7 Å². The van der Waals surface area contributed by atoms with Gasteiger partial charge in [-0.2, -0.15) is 0 Å². The molecule has 0 aliphatic heterocycles. The Balaban J connectivity index is 2.13. The van der Waals surface area contributed by atoms with Gasteiger partial charge in [-0.15, -0.1) is 22.7 Å². The number of hydrogen-bond donors (Lipinski definition) is 1. The number of carbonyl (C=O) groups is 1. The molecule has 1 N–H and O–H groups in total. The van der Waals surface area contributed by atoms with Crippen molar-refractivity contribution in [1.29, 1.82) is 0 Å². The minimum Gasteiger partial charge on any atom is -0.321 e. The average molecular weight is 419 g/mol. The Morgan fingerprint density at radius 2 is 1.95 bits per heavy atom. The molecule has 0 aliphatic carbocycles. The van der Waals surface area contributed by atoms with Gasteiger partial charge in [-0.1, -0.05) is 20.8 Å². The zero-order chi connectivity index (χ0) is 14.7. The van der Waals surface area contributed by atoms with E-state index in [2.05, 4.69) is 54.1 Å². The van der Waals surface area contributed by atoms with Gasteiger partial charge in [-0.25, -0.2) is 0 Å². The van der Waals surface area contributed by atoms with Crippen molar-refractivity contribution in [3.63, 3.8) is 0 Å². The molecule has 2 aromatic heterocycles. The van der Waals surface area contributed by atoms with Crippen molar-refractivity contribution in [3.05, 3.63) is 36.2 Å². The Kier molecular flexibility index (Phi) is 5.63. The lowest BCUT2D eigenvalue weighted by Crippen LogP contribution is -2.13. The molecular formula is C15H18INOS2. The lowest BCUT2D eigenvalue weighted by Gasteiger charge is -2.15. The topological polar surface area (TPSA) is 29.1 Å². The fourth-order valence-electron chi connectivity index (χ4n) is 2.27. The molecule has 0 bridgehead atoms. The van der Waals surface area contributed by atoms with E-state index in [1.54, 1.807) is 22.7 Å². The Morgan fingerprint density at radius 3 is 2.55 bits per heavy atom. The minimum atomic E-state index is -0.00736. The number of rotatable bonds is 5. The van der Waals surface area contributed by atoms with Crippen LogP contribution < -0.4 is 5.32 Å². The summed E-state index contributed by atoms with van der Waals surface area (Å²) < 4.78 is 1.03. The van der Waals surface area contributed by atoms with E-state index in [1.165, 1.54) is 4.88 Å². The standard InChI is InChI=1S/C15H18INOS2/c1-9(2)8-10(3)13-12(5-7-19-13)17-15(18)11-4-6-20-14(11)16/h4-7,9-10H,8H2,1-3H3,(H,17,18). The maximum absolute atomic E-state index is 12.3.